The van der Waals surface area contributed by atoms with Gasteiger partial charge in [-0.1, -0.05) is 61.8 Å². The van der Waals surface area contributed by atoms with Gasteiger partial charge in [-0.25, -0.2) is 4.98 Å². The van der Waals surface area contributed by atoms with E-state index in [1.165, 1.54) is 5.56 Å². The number of fused-ring (bicyclic) bond motifs is 2. The number of hydrogen-bond acceptors (Lipinski definition) is 11. The summed E-state index contributed by atoms with van der Waals surface area (Å²) in [6.07, 6.45) is 6.60. The van der Waals surface area contributed by atoms with Crippen LogP contribution in [0.5, 0.6) is 5.75 Å². The summed E-state index contributed by atoms with van der Waals surface area (Å²) in [6.45, 7) is 14.7. The van der Waals surface area contributed by atoms with E-state index < -0.39 is 5.60 Å². The Bertz CT molecular complexity index is 2350. The Kier molecular flexibility index (Phi) is 15.4. The van der Waals surface area contributed by atoms with Crippen LogP contribution in [0.3, 0.4) is 0 Å². The summed E-state index contributed by atoms with van der Waals surface area (Å²) in [4.78, 5) is 53.1. The molecule has 5 heterocycles. The smallest absolute Gasteiger partial charge is 0.261 e. The van der Waals surface area contributed by atoms with E-state index in [1.807, 2.05) is 43.4 Å². The van der Waals surface area contributed by atoms with Gasteiger partial charge in [-0.15, -0.1) is 0 Å². The molecule has 8 rings (SSSR count). The van der Waals surface area contributed by atoms with Crippen LogP contribution in [0.25, 0.3) is 21.8 Å². The molecule has 1 amide bonds. The molecule has 2 aromatic heterocycles. The first kappa shape index (κ1) is 45.3. The van der Waals surface area contributed by atoms with Crippen LogP contribution in [0.4, 0.5) is 0 Å². The molecule has 0 radical (unpaired) electrons. The van der Waals surface area contributed by atoms with E-state index in [-0.39, 0.29) is 35.8 Å². The van der Waals surface area contributed by atoms with Crippen molar-refractivity contribution in [2.75, 3.05) is 85.6 Å². The summed E-state index contributed by atoms with van der Waals surface area (Å²) in [5.41, 5.74) is 3.17. The first-order chi connectivity index (χ1) is 30.0. The monoisotopic (exact) mass is 864 g/mol. The van der Waals surface area contributed by atoms with E-state index in [0.717, 1.165) is 100 Å². The summed E-state index contributed by atoms with van der Waals surface area (Å²) < 4.78 is 7.42. The van der Waals surface area contributed by atoms with Gasteiger partial charge in [-0.3, -0.25) is 24.0 Å². The second kappa shape index (κ2) is 21.1. The van der Waals surface area contributed by atoms with Gasteiger partial charge in [0.05, 0.1) is 39.9 Å². The number of nitrogens with zero attached hydrogens (tertiary/aromatic N) is 6. The van der Waals surface area contributed by atoms with Crippen LogP contribution >= 0.6 is 11.6 Å². The fourth-order valence-corrected chi connectivity index (χ4v) is 9.11. The van der Waals surface area contributed by atoms with Gasteiger partial charge < -0.3 is 35.1 Å². The van der Waals surface area contributed by atoms with Crippen molar-refractivity contribution >= 4 is 45.6 Å². The number of nitrogens with one attached hydrogen (secondary N) is 2. The fraction of sp³-hybridized carbons (Fsp3) is 0.479. The maximum atomic E-state index is 12.9. The number of piperazine rings is 1. The molecule has 330 valence electrons. The van der Waals surface area contributed by atoms with Crippen molar-refractivity contribution in [2.45, 2.75) is 57.1 Å². The molecule has 62 heavy (non-hydrogen) atoms. The number of likely N-dealkylation sites (tertiary alicyclic amines) is 2. The highest BCUT2D eigenvalue weighted by Gasteiger charge is 2.32. The lowest BCUT2D eigenvalue weighted by Crippen LogP contribution is -2.46. The Balaban J connectivity index is 0.000000188. The molecule has 14 heteroatoms. The quantitative estimate of drug-likeness (QED) is 0.135. The van der Waals surface area contributed by atoms with E-state index in [4.69, 9.17) is 16.3 Å². The molecule has 0 saturated carbocycles. The largest absolute Gasteiger partial charge is 0.492 e. The minimum absolute atomic E-state index is 0.0476. The molecule has 5 aromatic rings. The van der Waals surface area contributed by atoms with Crippen molar-refractivity contribution in [3.8, 4) is 5.75 Å². The summed E-state index contributed by atoms with van der Waals surface area (Å²) in [7, 11) is 2.05. The second-order valence-corrected chi connectivity index (χ2v) is 17.8. The zero-order chi connectivity index (χ0) is 43.6. The molecular formula is C48H61ClN8O5. The van der Waals surface area contributed by atoms with Gasteiger partial charge in [0.1, 0.15) is 18.6 Å². The Morgan fingerprint density at radius 3 is 2.45 bits per heavy atom. The van der Waals surface area contributed by atoms with Gasteiger partial charge in [-0.05, 0) is 74.2 Å². The van der Waals surface area contributed by atoms with Gasteiger partial charge in [0.2, 0.25) is 0 Å². The molecule has 3 aromatic carbocycles. The predicted octanol–water partition coefficient (Wildman–Crippen LogP) is 5.18. The molecule has 0 aliphatic carbocycles. The number of carbonyl (C=O) groups excluding carboxylic acids is 2. The number of amides is 1. The minimum Gasteiger partial charge on any atom is -0.492 e. The van der Waals surface area contributed by atoms with Crippen LogP contribution in [0.1, 0.15) is 66.4 Å². The third-order valence-corrected chi connectivity index (χ3v) is 13.1. The van der Waals surface area contributed by atoms with Gasteiger partial charge in [0.15, 0.2) is 0 Å². The van der Waals surface area contributed by atoms with Crippen molar-refractivity contribution in [1.29, 1.82) is 0 Å². The number of rotatable bonds is 13. The van der Waals surface area contributed by atoms with Gasteiger partial charge in [-0.2, -0.15) is 0 Å². The van der Waals surface area contributed by atoms with E-state index in [0.29, 0.717) is 47.5 Å². The summed E-state index contributed by atoms with van der Waals surface area (Å²) in [5, 5.41) is 19.3. The normalized spacial score (nSPS) is 19.8. The molecule has 0 spiro atoms. The lowest BCUT2D eigenvalue weighted by atomic mass is 9.81. The van der Waals surface area contributed by atoms with Crippen molar-refractivity contribution in [3.05, 3.63) is 111 Å². The molecule has 0 bridgehead atoms. The molecule has 3 fully saturated rings. The number of piperidine rings is 2. The van der Waals surface area contributed by atoms with E-state index in [1.54, 1.807) is 35.3 Å². The lowest BCUT2D eigenvalue weighted by Gasteiger charge is -2.36. The number of hydrogen-bond donors (Lipinski definition) is 3. The highest BCUT2D eigenvalue weighted by atomic mass is 35.5. The maximum absolute atomic E-state index is 12.9. The molecule has 3 aliphatic rings. The van der Waals surface area contributed by atoms with Crippen LogP contribution in [-0.4, -0.2) is 138 Å². The lowest BCUT2D eigenvalue weighted by molar-refractivity contribution is -0.113. The zero-order valence-electron chi connectivity index (χ0n) is 36.3. The average Bonchev–Trinajstić information content (AvgIpc) is 3.29. The SMILES string of the molecule is CC(C)c1cnc2cc(C(=O)NCCN3CCC(C=O)C(c4ccccc4)C3)ccc2c1Cl.CN1CCC(O)(Cn2cnc3cc(OCCN4CCNCC4)ccc3c2=O)CC1. The standard InChI is InChI=1S/C27H30ClN3O2.C21H31N5O3/c1-18(2)23-15-30-25-14-20(8-9-22(25)26(23)28)27(33)29-11-13-31-12-10-21(17-32)24(16-31)19-6-4-3-5-7-19;1-24-8-4-21(28,5-9-24)15-26-16-23-19-14-17(2-3-18(19)20(26)27)29-13-12-25-10-6-22-7-11-25/h3-9,14-15,17-18,21,24H,10-13,16H2,1-2H3,(H,29,33);2-3,14,16,22,28H,4-13,15H2,1H3. The van der Waals surface area contributed by atoms with Crippen molar-refractivity contribution in [3.63, 3.8) is 0 Å². The molecule has 3 saturated heterocycles. The van der Waals surface area contributed by atoms with Crippen molar-refractivity contribution in [2.24, 2.45) is 5.92 Å². The second-order valence-electron chi connectivity index (χ2n) is 17.4. The van der Waals surface area contributed by atoms with E-state index >= 15 is 0 Å². The first-order valence-corrected chi connectivity index (χ1v) is 22.4. The number of aldehydes is 1. The minimum atomic E-state index is -0.848. The molecular weight excluding hydrogens is 804 g/mol. The third-order valence-electron chi connectivity index (χ3n) is 12.6. The number of halogens is 1. The van der Waals surface area contributed by atoms with Crippen LogP contribution in [-0.2, 0) is 11.3 Å². The van der Waals surface area contributed by atoms with E-state index in [9.17, 15) is 19.5 Å². The molecule has 13 nitrogen and oxygen atoms in total. The number of pyridine rings is 1. The molecule has 3 aliphatic heterocycles. The molecule has 3 N–H and O–H groups in total. The van der Waals surface area contributed by atoms with Crippen LogP contribution in [0.15, 0.2) is 84.0 Å². The Hall–Kier alpha value is -4.76. The first-order valence-electron chi connectivity index (χ1n) is 22.0. The number of aliphatic hydroxyl groups is 1. The van der Waals surface area contributed by atoms with Crippen LogP contribution < -0.4 is 20.9 Å². The van der Waals surface area contributed by atoms with Gasteiger partial charge in [0.25, 0.3) is 11.5 Å². The molecule has 2 atom stereocenters. The summed E-state index contributed by atoms with van der Waals surface area (Å²) in [6, 6.07) is 21.1. The maximum Gasteiger partial charge on any atom is 0.261 e. The highest BCUT2D eigenvalue weighted by molar-refractivity contribution is 6.36. The average molecular weight is 866 g/mol. The van der Waals surface area contributed by atoms with Crippen LogP contribution in [0.2, 0.25) is 5.02 Å². The summed E-state index contributed by atoms with van der Waals surface area (Å²) >= 11 is 6.55. The van der Waals surface area contributed by atoms with E-state index in [2.05, 4.69) is 61.3 Å². The zero-order valence-corrected chi connectivity index (χ0v) is 37.0. The summed E-state index contributed by atoms with van der Waals surface area (Å²) in [5.74, 6) is 1.14. The van der Waals surface area contributed by atoms with Gasteiger partial charge in [0, 0.05) is 100 Å². The Labute approximate surface area is 369 Å². The predicted molar refractivity (Wildman–Crippen MR) is 245 cm³/mol. The number of aromatic nitrogens is 3. The molecule has 2 unspecified atom stereocenters. The fourth-order valence-electron chi connectivity index (χ4n) is 8.68. The number of benzene rings is 3. The van der Waals surface area contributed by atoms with Crippen LogP contribution in [0, 0.1) is 5.92 Å². The number of ether oxygens (including phenoxy) is 1. The van der Waals surface area contributed by atoms with Crippen molar-refractivity contribution < 1.29 is 19.4 Å². The Morgan fingerprint density at radius 2 is 1.71 bits per heavy atom. The topological polar surface area (TPSA) is 145 Å². The Morgan fingerprint density at radius 1 is 0.968 bits per heavy atom. The van der Waals surface area contributed by atoms with Gasteiger partial charge >= 0.3 is 0 Å². The van der Waals surface area contributed by atoms with Crippen molar-refractivity contribution in [1.82, 2.24) is 39.9 Å². The third kappa shape index (κ3) is 11.4. The number of carbonyl (C=O) groups is 2. The highest BCUT2D eigenvalue weighted by Crippen LogP contribution is 2.32.